The van der Waals surface area contributed by atoms with Gasteiger partial charge in [0.25, 0.3) is 0 Å². The van der Waals surface area contributed by atoms with Crippen molar-refractivity contribution < 1.29 is 0 Å². The fourth-order valence-electron chi connectivity index (χ4n) is 1.37. The Bertz CT molecular complexity index is 538. The molecule has 0 fully saturated rings. The molecule has 0 saturated heterocycles. The van der Waals surface area contributed by atoms with Crippen molar-refractivity contribution >= 4 is 96.7 Å². The molecule has 2 aromatic rings. The first-order chi connectivity index (χ1) is 8.47. The molecule has 0 bridgehead atoms. The maximum atomic E-state index is 3.55. The van der Waals surface area contributed by atoms with E-state index in [4.69, 9.17) is 0 Å². The normalized spacial score (nSPS) is 10.7. The van der Waals surface area contributed by atoms with Crippen LogP contribution in [0, 0.1) is 0 Å². The van der Waals surface area contributed by atoms with Gasteiger partial charge in [0.15, 0.2) is 0 Å². The number of rotatable bonds is 3. The molecular weight excluding hydrogens is 578 g/mol. The zero-order valence-electron chi connectivity index (χ0n) is 8.74. The maximum Gasteiger partial charge on any atom is 0.0843 e. The Labute approximate surface area is 151 Å². The van der Waals surface area contributed by atoms with E-state index in [2.05, 4.69) is 91.0 Å². The number of hydrogen-bond donors (Lipinski definition) is 1. The molecule has 0 spiro atoms. The van der Waals surface area contributed by atoms with Crippen molar-refractivity contribution in [1.29, 1.82) is 0 Å². The van der Waals surface area contributed by atoms with Crippen LogP contribution in [0.5, 0.6) is 0 Å². The average Bonchev–Trinajstić information content (AvgIpc) is 2.56. The van der Waals surface area contributed by atoms with E-state index in [9.17, 15) is 0 Å². The van der Waals surface area contributed by atoms with Crippen LogP contribution < -0.4 is 5.32 Å². The lowest BCUT2D eigenvalue weighted by Gasteiger charge is -2.10. The van der Waals surface area contributed by atoms with Gasteiger partial charge in [-0.25, -0.2) is 0 Å². The van der Waals surface area contributed by atoms with Gasteiger partial charge in [-0.15, -0.1) is 11.3 Å². The fourth-order valence-corrected chi connectivity index (χ4v) is 6.02. The summed E-state index contributed by atoms with van der Waals surface area (Å²) in [5.41, 5.74) is 1.05. The summed E-state index contributed by atoms with van der Waals surface area (Å²) in [7, 11) is 0. The number of benzene rings is 1. The molecule has 0 aliphatic heterocycles. The molecule has 1 aromatic heterocycles. The quantitative estimate of drug-likeness (QED) is 0.404. The van der Waals surface area contributed by atoms with Gasteiger partial charge in [-0.05, 0) is 81.9 Å². The maximum absolute atomic E-state index is 3.55. The lowest BCUT2D eigenvalue weighted by molar-refractivity contribution is 1.18. The van der Waals surface area contributed by atoms with E-state index in [1.54, 1.807) is 11.3 Å². The van der Waals surface area contributed by atoms with E-state index in [0.717, 1.165) is 33.9 Å². The van der Waals surface area contributed by atoms with Crippen molar-refractivity contribution in [1.82, 2.24) is 0 Å². The van der Waals surface area contributed by atoms with Crippen LogP contribution in [0.4, 0.5) is 5.69 Å². The molecule has 0 unspecified atom stereocenters. The van der Waals surface area contributed by atoms with Crippen molar-refractivity contribution in [3.05, 3.63) is 44.8 Å². The van der Waals surface area contributed by atoms with Crippen LogP contribution in [0.3, 0.4) is 0 Å². The van der Waals surface area contributed by atoms with Gasteiger partial charge in [-0.2, -0.15) is 0 Å². The van der Waals surface area contributed by atoms with Crippen LogP contribution in [0.15, 0.2) is 39.9 Å². The van der Waals surface area contributed by atoms with E-state index in [0.29, 0.717) is 0 Å². The molecule has 96 valence electrons. The summed E-state index contributed by atoms with van der Waals surface area (Å²) in [5.74, 6) is 0. The molecule has 0 saturated carbocycles. The predicted octanol–water partition coefficient (Wildman–Crippen LogP) is 7.17. The first-order valence-corrected chi connectivity index (χ1v) is 9.57. The molecular formula is C11H6Br5NS. The summed E-state index contributed by atoms with van der Waals surface area (Å²) in [5, 5.41) is 3.42. The lowest BCUT2D eigenvalue weighted by Crippen LogP contribution is -1.99. The van der Waals surface area contributed by atoms with Crippen LogP contribution >= 0.6 is 91.0 Å². The highest BCUT2D eigenvalue weighted by molar-refractivity contribution is 9.13. The number of halogens is 5. The van der Waals surface area contributed by atoms with Crippen LogP contribution in [-0.2, 0) is 6.54 Å². The van der Waals surface area contributed by atoms with E-state index in [1.165, 1.54) is 4.88 Å². The molecule has 0 atom stereocenters. The summed E-state index contributed by atoms with van der Waals surface area (Å²) in [4.78, 5) is 1.26. The van der Waals surface area contributed by atoms with Crippen molar-refractivity contribution in [3.8, 4) is 0 Å². The minimum atomic E-state index is 0.785. The largest absolute Gasteiger partial charge is 0.378 e. The zero-order valence-corrected chi connectivity index (χ0v) is 17.5. The van der Waals surface area contributed by atoms with E-state index < -0.39 is 0 Å². The Hall–Kier alpha value is 1.12. The summed E-state index contributed by atoms with van der Waals surface area (Å²) in [6.45, 7) is 0.785. The number of hydrogen-bond acceptors (Lipinski definition) is 2. The van der Waals surface area contributed by atoms with E-state index in [-0.39, 0.29) is 0 Å². The molecule has 1 nitrogen and oxygen atoms in total. The standard InChI is InChI=1S/C11H6Br5NS/c12-5-1-7(13)10(8(14)2-5)17-4-6-3-9(15)11(16)18-6/h1-3,17H,4H2. The second kappa shape index (κ2) is 6.72. The fraction of sp³-hybridized carbons (Fsp3) is 0.0909. The summed E-state index contributed by atoms with van der Waals surface area (Å²) in [6, 6.07) is 6.16. The Morgan fingerprint density at radius 1 is 0.889 bits per heavy atom. The molecule has 2 rings (SSSR count). The van der Waals surface area contributed by atoms with Gasteiger partial charge in [0, 0.05) is 29.3 Å². The predicted molar refractivity (Wildman–Crippen MR) is 96.6 cm³/mol. The molecule has 1 aromatic carbocycles. The summed E-state index contributed by atoms with van der Waals surface area (Å²) >= 11 is 19.3. The molecule has 7 heteroatoms. The Morgan fingerprint density at radius 2 is 1.50 bits per heavy atom. The smallest absolute Gasteiger partial charge is 0.0843 e. The SMILES string of the molecule is Brc1cc(Br)c(NCc2cc(Br)c(Br)s2)c(Br)c1. The third kappa shape index (κ3) is 3.82. The van der Waals surface area contributed by atoms with Crippen LogP contribution in [0.25, 0.3) is 0 Å². The third-order valence-corrected chi connectivity index (χ3v) is 7.11. The van der Waals surface area contributed by atoms with Crippen molar-refractivity contribution in [2.75, 3.05) is 5.32 Å². The molecule has 0 aliphatic carbocycles. The number of anilines is 1. The average molecular weight is 584 g/mol. The Kier molecular flexibility index (Phi) is 5.79. The van der Waals surface area contributed by atoms with Gasteiger partial charge in [0.2, 0.25) is 0 Å². The van der Waals surface area contributed by atoms with E-state index >= 15 is 0 Å². The molecule has 0 amide bonds. The zero-order chi connectivity index (χ0) is 13.3. The Balaban J connectivity index is 2.15. The van der Waals surface area contributed by atoms with Crippen molar-refractivity contribution in [3.63, 3.8) is 0 Å². The van der Waals surface area contributed by atoms with Gasteiger partial charge in [0.05, 0.1) is 9.47 Å². The molecule has 0 aliphatic rings. The Morgan fingerprint density at radius 3 is 2.00 bits per heavy atom. The molecule has 1 heterocycles. The minimum Gasteiger partial charge on any atom is -0.378 e. The lowest BCUT2D eigenvalue weighted by atomic mass is 10.3. The molecule has 0 radical (unpaired) electrons. The number of thiophene rings is 1. The summed E-state index contributed by atoms with van der Waals surface area (Å²) in [6.07, 6.45) is 0. The highest BCUT2D eigenvalue weighted by atomic mass is 79.9. The van der Waals surface area contributed by atoms with Crippen LogP contribution in [-0.4, -0.2) is 0 Å². The highest BCUT2D eigenvalue weighted by Crippen LogP contribution is 2.36. The number of nitrogens with one attached hydrogen (secondary N) is 1. The topological polar surface area (TPSA) is 12.0 Å². The van der Waals surface area contributed by atoms with Gasteiger partial charge in [-0.3, -0.25) is 0 Å². The molecule has 1 N–H and O–H groups in total. The van der Waals surface area contributed by atoms with Gasteiger partial charge >= 0.3 is 0 Å². The van der Waals surface area contributed by atoms with E-state index in [1.807, 2.05) is 12.1 Å². The van der Waals surface area contributed by atoms with Crippen molar-refractivity contribution in [2.24, 2.45) is 0 Å². The first-order valence-electron chi connectivity index (χ1n) is 4.79. The van der Waals surface area contributed by atoms with Gasteiger partial charge in [-0.1, -0.05) is 15.9 Å². The molecule has 18 heavy (non-hydrogen) atoms. The third-order valence-electron chi connectivity index (χ3n) is 2.14. The van der Waals surface area contributed by atoms with Crippen LogP contribution in [0.2, 0.25) is 0 Å². The second-order valence-corrected chi connectivity index (χ2v) is 9.37. The van der Waals surface area contributed by atoms with Gasteiger partial charge < -0.3 is 5.32 Å². The van der Waals surface area contributed by atoms with Crippen molar-refractivity contribution in [2.45, 2.75) is 6.54 Å². The monoisotopic (exact) mass is 579 g/mol. The highest BCUT2D eigenvalue weighted by Gasteiger charge is 2.08. The minimum absolute atomic E-state index is 0.785. The van der Waals surface area contributed by atoms with Gasteiger partial charge in [0.1, 0.15) is 0 Å². The second-order valence-electron chi connectivity index (χ2n) is 3.43. The van der Waals surface area contributed by atoms with Crippen LogP contribution in [0.1, 0.15) is 4.88 Å². The summed E-state index contributed by atoms with van der Waals surface area (Å²) < 4.78 is 5.30. The first kappa shape index (κ1) is 15.5.